The molecule has 0 radical (unpaired) electrons. The molecule has 0 aromatic heterocycles. The van der Waals surface area contributed by atoms with Crippen molar-refractivity contribution in [2.45, 2.75) is 45.8 Å². The first-order valence-corrected chi connectivity index (χ1v) is 13.1. The van der Waals surface area contributed by atoms with Crippen LogP contribution in [-0.2, 0) is 26.2 Å². The van der Waals surface area contributed by atoms with E-state index in [9.17, 15) is 18.0 Å². The fourth-order valence-corrected chi connectivity index (χ4v) is 4.17. The lowest BCUT2D eigenvalue weighted by Gasteiger charge is -2.32. The highest BCUT2D eigenvalue weighted by Gasteiger charge is 2.30. The third kappa shape index (κ3) is 7.63. The van der Waals surface area contributed by atoms with E-state index in [1.54, 1.807) is 55.5 Å². The molecule has 0 heterocycles. The van der Waals surface area contributed by atoms with Crippen LogP contribution in [0.25, 0.3) is 0 Å². The second kappa shape index (κ2) is 12.1. The van der Waals surface area contributed by atoms with Crippen molar-refractivity contribution in [1.82, 2.24) is 10.2 Å². The van der Waals surface area contributed by atoms with E-state index in [4.69, 9.17) is 16.3 Å². The number of benzene rings is 2. The van der Waals surface area contributed by atoms with Crippen molar-refractivity contribution < 1.29 is 22.7 Å². The third-order valence-corrected chi connectivity index (χ3v) is 6.87. The maximum Gasteiger partial charge on any atom is 0.244 e. The normalized spacial score (nSPS) is 13.0. The number of nitrogens with zero attached hydrogens (tertiary/aromatic N) is 2. The Hall–Kier alpha value is -2.78. The largest absolute Gasteiger partial charge is 0.497 e. The first-order chi connectivity index (χ1) is 16.0. The van der Waals surface area contributed by atoms with E-state index >= 15 is 0 Å². The molecule has 34 heavy (non-hydrogen) atoms. The molecule has 2 amide bonds. The van der Waals surface area contributed by atoms with E-state index in [0.29, 0.717) is 16.5 Å². The maximum atomic E-state index is 13.5. The number of rotatable bonds is 11. The zero-order valence-electron chi connectivity index (χ0n) is 20.1. The summed E-state index contributed by atoms with van der Waals surface area (Å²) in [6, 6.07) is 12.4. The van der Waals surface area contributed by atoms with Gasteiger partial charge in [-0.2, -0.15) is 0 Å². The molecule has 2 aromatic rings. The van der Waals surface area contributed by atoms with Crippen LogP contribution in [0, 0.1) is 0 Å². The molecule has 10 heteroatoms. The van der Waals surface area contributed by atoms with Gasteiger partial charge in [0, 0.05) is 17.6 Å². The van der Waals surface area contributed by atoms with Crippen molar-refractivity contribution in [2.75, 3.05) is 24.2 Å². The number of nitrogens with one attached hydrogen (secondary N) is 1. The van der Waals surface area contributed by atoms with Gasteiger partial charge in [0.2, 0.25) is 21.8 Å². The van der Waals surface area contributed by atoms with Crippen LogP contribution in [0.3, 0.4) is 0 Å². The number of anilines is 1. The van der Waals surface area contributed by atoms with Crippen LogP contribution in [0.2, 0.25) is 5.02 Å². The number of hydrogen-bond donors (Lipinski definition) is 1. The van der Waals surface area contributed by atoms with Gasteiger partial charge < -0.3 is 15.0 Å². The first kappa shape index (κ1) is 27.5. The second-order valence-corrected chi connectivity index (χ2v) is 10.5. The van der Waals surface area contributed by atoms with Crippen molar-refractivity contribution >= 4 is 39.1 Å². The summed E-state index contributed by atoms with van der Waals surface area (Å²) in [4.78, 5) is 27.7. The number of sulfonamides is 1. The molecular formula is C24H32ClN3O5S. The molecule has 0 aliphatic rings. The van der Waals surface area contributed by atoms with Gasteiger partial charge >= 0.3 is 0 Å². The smallest absolute Gasteiger partial charge is 0.244 e. The van der Waals surface area contributed by atoms with E-state index in [0.717, 1.165) is 22.5 Å². The van der Waals surface area contributed by atoms with Crippen molar-refractivity contribution in [3.05, 3.63) is 59.1 Å². The summed E-state index contributed by atoms with van der Waals surface area (Å²) in [6.45, 7) is 5.12. The van der Waals surface area contributed by atoms with Crippen LogP contribution in [0.1, 0.15) is 32.8 Å². The summed E-state index contributed by atoms with van der Waals surface area (Å²) >= 11 is 5.98. The maximum absolute atomic E-state index is 13.5. The lowest BCUT2D eigenvalue weighted by molar-refractivity contribution is -0.139. The second-order valence-electron chi connectivity index (χ2n) is 8.11. The molecule has 2 aromatic carbocycles. The molecular weight excluding hydrogens is 478 g/mol. The van der Waals surface area contributed by atoms with E-state index in [-0.39, 0.29) is 18.5 Å². The van der Waals surface area contributed by atoms with Crippen LogP contribution in [-0.4, -0.2) is 57.1 Å². The number of carbonyl (C=O) groups is 2. The summed E-state index contributed by atoms with van der Waals surface area (Å²) < 4.78 is 31.3. The van der Waals surface area contributed by atoms with Crippen LogP contribution in [0.4, 0.5) is 5.69 Å². The Morgan fingerprint density at radius 3 is 2.15 bits per heavy atom. The molecule has 0 aliphatic carbocycles. The van der Waals surface area contributed by atoms with E-state index in [1.165, 1.54) is 12.0 Å². The molecule has 0 aliphatic heterocycles. The molecule has 0 spiro atoms. The number of ether oxygens (including phenoxy) is 1. The lowest BCUT2D eigenvalue weighted by Crippen LogP contribution is -2.52. The van der Waals surface area contributed by atoms with Gasteiger partial charge in [0.25, 0.3) is 0 Å². The Kier molecular flexibility index (Phi) is 9.76. The van der Waals surface area contributed by atoms with Crippen LogP contribution < -0.4 is 14.4 Å². The fourth-order valence-electron chi connectivity index (χ4n) is 3.20. The van der Waals surface area contributed by atoms with Gasteiger partial charge in [0.1, 0.15) is 18.3 Å². The zero-order valence-corrected chi connectivity index (χ0v) is 21.7. The van der Waals surface area contributed by atoms with Crippen molar-refractivity contribution in [2.24, 2.45) is 0 Å². The SMILES string of the molecule is CC[C@H](C)NC(=O)[C@H](C)N(Cc1ccc(Cl)cc1)C(=O)CN(c1ccc(OC)cc1)S(C)(=O)=O. The average molecular weight is 510 g/mol. The van der Waals surface area contributed by atoms with Crippen LogP contribution >= 0.6 is 11.6 Å². The molecule has 186 valence electrons. The number of hydrogen-bond acceptors (Lipinski definition) is 5. The minimum Gasteiger partial charge on any atom is -0.497 e. The predicted molar refractivity (Wildman–Crippen MR) is 135 cm³/mol. The molecule has 0 saturated carbocycles. The molecule has 0 saturated heterocycles. The molecule has 0 unspecified atom stereocenters. The Morgan fingerprint density at radius 2 is 1.65 bits per heavy atom. The number of halogens is 1. The third-order valence-electron chi connectivity index (χ3n) is 5.47. The molecule has 1 N–H and O–H groups in total. The van der Waals surface area contributed by atoms with Crippen molar-refractivity contribution in [1.29, 1.82) is 0 Å². The summed E-state index contributed by atoms with van der Waals surface area (Å²) in [7, 11) is -2.28. The van der Waals surface area contributed by atoms with E-state index in [1.807, 2.05) is 13.8 Å². The lowest BCUT2D eigenvalue weighted by atomic mass is 10.1. The van der Waals surface area contributed by atoms with Gasteiger partial charge in [-0.3, -0.25) is 13.9 Å². The van der Waals surface area contributed by atoms with Gasteiger partial charge in [-0.1, -0.05) is 30.7 Å². The molecule has 2 atom stereocenters. The van der Waals surface area contributed by atoms with E-state index < -0.39 is 28.5 Å². The summed E-state index contributed by atoms with van der Waals surface area (Å²) in [5.41, 5.74) is 1.08. The van der Waals surface area contributed by atoms with Gasteiger partial charge in [0.15, 0.2) is 0 Å². The Bertz CT molecular complexity index is 1070. The highest BCUT2D eigenvalue weighted by atomic mass is 35.5. The minimum atomic E-state index is -3.79. The van der Waals surface area contributed by atoms with E-state index in [2.05, 4.69) is 5.32 Å². The highest BCUT2D eigenvalue weighted by molar-refractivity contribution is 7.92. The topological polar surface area (TPSA) is 96.0 Å². The predicted octanol–water partition coefficient (Wildman–Crippen LogP) is 3.45. The van der Waals surface area contributed by atoms with Gasteiger partial charge in [-0.25, -0.2) is 8.42 Å². The van der Waals surface area contributed by atoms with Gasteiger partial charge in [-0.05, 0) is 62.2 Å². The summed E-state index contributed by atoms with van der Waals surface area (Å²) in [5, 5.41) is 3.44. The number of methoxy groups -OCH3 is 1. The standard InChI is InChI=1S/C24H32ClN3O5S/c1-6-17(2)26-24(30)18(3)27(15-19-7-9-20(25)10-8-19)23(29)16-28(34(5,31)32)21-11-13-22(33-4)14-12-21/h7-14,17-18H,6,15-16H2,1-5H3,(H,26,30)/t17-,18-/m0/s1. The Labute approximate surface area is 206 Å². The average Bonchev–Trinajstić information content (AvgIpc) is 2.80. The quantitative estimate of drug-likeness (QED) is 0.500. The van der Waals surface area contributed by atoms with Gasteiger partial charge in [0.05, 0.1) is 19.1 Å². The number of carbonyl (C=O) groups excluding carboxylic acids is 2. The van der Waals surface area contributed by atoms with Gasteiger partial charge in [-0.15, -0.1) is 0 Å². The van der Waals surface area contributed by atoms with Crippen LogP contribution in [0.15, 0.2) is 48.5 Å². The van der Waals surface area contributed by atoms with Crippen molar-refractivity contribution in [3.8, 4) is 5.75 Å². The molecule has 0 fully saturated rings. The molecule has 8 nitrogen and oxygen atoms in total. The molecule has 2 rings (SSSR count). The summed E-state index contributed by atoms with van der Waals surface area (Å²) in [5.74, 6) is -0.266. The monoisotopic (exact) mass is 509 g/mol. The Morgan fingerprint density at radius 1 is 1.06 bits per heavy atom. The Balaban J connectivity index is 2.36. The fraction of sp³-hybridized carbons (Fsp3) is 0.417. The summed E-state index contributed by atoms with van der Waals surface area (Å²) in [6.07, 6.45) is 1.77. The zero-order chi connectivity index (χ0) is 25.5. The number of amides is 2. The first-order valence-electron chi connectivity index (χ1n) is 10.9. The van der Waals surface area contributed by atoms with Crippen LogP contribution in [0.5, 0.6) is 5.75 Å². The molecule has 0 bridgehead atoms. The minimum absolute atomic E-state index is 0.0609. The highest BCUT2D eigenvalue weighted by Crippen LogP contribution is 2.22. The van der Waals surface area contributed by atoms with Crippen molar-refractivity contribution in [3.63, 3.8) is 0 Å².